The highest BCUT2D eigenvalue weighted by atomic mass is 35.5. The molecular weight excluding hydrogens is 280 g/mol. The maximum Gasteiger partial charge on any atom is 0.262 e. The van der Waals surface area contributed by atoms with Gasteiger partial charge < -0.3 is 10.6 Å². The summed E-state index contributed by atoms with van der Waals surface area (Å²) >= 11 is 7.30. The van der Waals surface area contributed by atoms with Crippen molar-refractivity contribution in [1.82, 2.24) is 10.6 Å². The Morgan fingerprint density at radius 3 is 2.63 bits per heavy atom. The average molecular weight is 301 g/mol. The number of halogens is 1. The summed E-state index contributed by atoms with van der Waals surface area (Å²) < 4.78 is 0. The van der Waals surface area contributed by atoms with Crippen LogP contribution in [0.1, 0.15) is 48.2 Å². The van der Waals surface area contributed by atoms with E-state index in [0.717, 1.165) is 6.54 Å². The van der Waals surface area contributed by atoms with Crippen molar-refractivity contribution < 1.29 is 4.79 Å². The monoisotopic (exact) mass is 300 g/mol. The second kappa shape index (κ2) is 7.88. The molecule has 0 unspecified atom stereocenters. The largest absolute Gasteiger partial charge is 0.350 e. The van der Waals surface area contributed by atoms with Gasteiger partial charge in [0.2, 0.25) is 0 Å². The van der Waals surface area contributed by atoms with Crippen LogP contribution in [-0.4, -0.2) is 25.0 Å². The highest BCUT2D eigenvalue weighted by Crippen LogP contribution is 2.21. The summed E-state index contributed by atoms with van der Waals surface area (Å²) in [7, 11) is 0. The highest BCUT2D eigenvalue weighted by Gasteiger charge is 2.13. The standard InChI is InChI=1S/C14H21ClN2OS/c15-12-7-10-19-13(12)14(18)17-9-8-16-11-5-3-1-2-4-6-11/h7,10-11,16H,1-6,8-9H2,(H,17,18). The predicted molar refractivity (Wildman–Crippen MR) is 81.2 cm³/mol. The molecule has 1 heterocycles. The number of thiophene rings is 1. The Morgan fingerprint density at radius 1 is 1.26 bits per heavy atom. The van der Waals surface area contributed by atoms with E-state index in [4.69, 9.17) is 11.6 Å². The lowest BCUT2D eigenvalue weighted by atomic mass is 10.1. The minimum Gasteiger partial charge on any atom is -0.350 e. The van der Waals surface area contributed by atoms with Crippen LogP contribution in [0.2, 0.25) is 5.02 Å². The maximum absolute atomic E-state index is 11.8. The molecule has 1 amide bonds. The normalized spacial score (nSPS) is 17.1. The smallest absolute Gasteiger partial charge is 0.262 e. The topological polar surface area (TPSA) is 41.1 Å². The third-order valence-corrected chi connectivity index (χ3v) is 4.86. The first-order valence-corrected chi connectivity index (χ1v) is 8.27. The number of rotatable bonds is 5. The van der Waals surface area contributed by atoms with Crippen molar-refractivity contribution in [2.24, 2.45) is 0 Å². The van der Waals surface area contributed by atoms with E-state index in [1.807, 2.05) is 5.38 Å². The van der Waals surface area contributed by atoms with E-state index in [1.54, 1.807) is 6.07 Å². The Hall–Kier alpha value is -0.580. The number of hydrogen-bond donors (Lipinski definition) is 2. The number of amides is 1. The van der Waals surface area contributed by atoms with Gasteiger partial charge in [0, 0.05) is 19.1 Å². The fourth-order valence-electron chi connectivity index (χ4n) is 2.47. The number of hydrogen-bond acceptors (Lipinski definition) is 3. The molecule has 1 aliphatic rings. The van der Waals surface area contributed by atoms with Crippen LogP contribution in [0.25, 0.3) is 0 Å². The van der Waals surface area contributed by atoms with Gasteiger partial charge in [-0.25, -0.2) is 0 Å². The molecule has 106 valence electrons. The van der Waals surface area contributed by atoms with Crippen molar-refractivity contribution >= 4 is 28.8 Å². The van der Waals surface area contributed by atoms with Crippen molar-refractivity contribution in [1.29, 1.82) is 0 Å². The molecule has 1 aliphatic carbocycles. The van der Waals surface area contributed by atoms with E-state index in [9.17, 15) is 4.79 Å². The molecule has 1 fully saturated rings. The van der Waals surface area contributed by atoms with Crippen LogP contribution in [0.15, 0.2) is 11.4 Å². The molecule has 0 aromatic carbocycles. The highest BCUT2D eigenvalue weighted by molar-refractivity contribution is 7.12. The van der Waals surface area contributed by atoms with E-state index in [1.165, 1.54) is 49.9 Å². The summed E-state index contributed by atoms with van der Waals surface area (Å²) in [6.07, 6.45) is 7.93. The van der Waals surface area contributed by atoms with Crippen LogP contribution in [0, 0.1) is 0 Å². The fraction of sp³-hybridized carbons (Fsp3) is 0.643. The van der Waals surface area contributed by atoms with Crippen LogP contribution >= 0.6 is 22.9 Å². The third-order valence-electron chi connectivity index (χ3n) is 3.52. The van der Waals surface area contributed by atoms with Crippen molar-refractivity contribution in [3.8, 4) is 0 Å². The van der Waals surface area contributed by atoms with Gasteiger partial charge >= 0.3 is 0 Å². The minimum atomic E-state index is -0.0670. The van der Waals surface area contributed by atoms with Gasteiger partial charge in [0.05, 0.1) is 5.02 Å². The lowest BCUT2D eigenvalue weighted by Crippen LogP contribution is -2.36. The molecule has 5 heteroatoms. The van der Waals surface area contributed by atoms with Crippen LogP contribution in [0.4, 0.5) is 0 Å². The zero-order chi connectivity index (χ0) is 13.5. The molecule has 0 spiro atoms. The lowest BCUT2D eigenvalue weighted by molar-refractivity contribution is 0.0957. The van der Waals surface area contributed by atoms with Gasteiger partial charge in [0.25, 0.3) is 5.91 Å². The summed E-state index contributed by atoms with van der Waals surface area (Å²) in [5.41, 5.74) is 0. The van der Waals surface area contributed by atoms with Crippen molar-refractivity contribution in [2.75, 3.05) is 13.1 Å². The van der Waals surface area contributed by atoms with Gasteiger partial charge in [-0.2, -0.15) is 0 Å². The number of carbonyl (C=O) groups is 1. The third kappa shape index (κ3) is 4.79. The van der Waals surface area contributed by atoms with Gasteiger partial charge in [-0.3, -0.25) is 4.79 Å². The van der Waals surface area contributed by atoms with Crippen molar-refractivity contribution in [3.05, 3.63) is 21.3 Å². The molecule has 0 radical (unpaired) electrons. The molecule has 3 nitrogen and oxygen atoms in total. The van der Waals surface area contributed by atoms with Gasteiger partial charge in [-0.1, -0.05) is 37.3 Å². The van der Waals surface area contributed by atoms with E-state index in [2.05, 4.69) is 10.6 Å². The second-order valence-electron chi connectivity index (χ2n) is 5.00. The van der Waals surface area contributed by atoms with Crippen molar-refractivity contribution in [2.45, 2.75) is 44.6 Å². The number of carbonyl (C=O) groups excluding carboxylic acids is 1. The van der Waals surface area contributed by atoms with E-state index < -0.39 is 0 Å². The molecule has 0 bridgehead atoms. The summed E-state index contributed by atoms with van der Waals surface area (Å²) in [5, 5.41) is 8.81. The number of nitrogens with one attached hydrogen (secondary N) is 2. The molecular formula is C14H21ClN2OS. The molecule has 19 heavy (non-hydrogen) atoms. The second-order valence-corrected chi connectivity index (χ2v) is 6.32. The van der Waals surface area contributed by atoms with Crippen LogP contribution in [-0.2, 0) is 0 Å². The first-order chi connectivity index (χ1) is 9.27. The quantitative estimate of drug-likeness (QED) is 0.646. The summed E-state index contributed by atoms with van der Waals surface area (Å²) in [6, 6.07) is 2.38. The summed E-state index contributed by atoms with van der Waals surface area (Å²) in [5.74, 6) is -0.0670. The van der Waals surface area contributed by atoms with Crippen LogP contribution in [0.5, 0.6) is 0 Å². The molecule has 1 aromatic heterocycles. The van der Waals surface area contributed by atoms with Crippen molar-refractivity contribution in [3.63, 3.8) is 0 Å². The predicted octanol–water partition coefficient (Wildman–Crippen LogP) is 3.44. The Bertz CT molecular complexity index is 400. The minimum absolute atomic E-state index is 0.0670. The van der Waals surface area contributed by atoms with Crippen LogP contribution < -0.4 is 10.6 Å². The summed E-state index contributed by atoms with van der Waals surface area (Å²) in [6.45, 7) is 1.49. The first-order valence-electron chi connectivity index (χ1n) is 7.02. The Morgan fingerprint density at radius 2 is 2.00 bits per heavy atom. The van der Waals surface area contributed by atoms with E-state index >= 15 is 0 Å². The van der Waals surface area contributed by atoms with Gasteiger partial charge in [-0.15, -0.1) is 11.3 Å². The Balaban J connectivity index is 1.64. The summed E-state index contributed by atoms with van der Waals surface area (Å²) in [4.78, 5) is 12.4. The molecule has 0 saturated heterocycles. The molecule has 0 aliphatic heterocycles. The van der Waals surface area contributed by atoms with Gasteiger partial charge in [0.15, 0.2) is 0 Å². The van der Waals surface area contributed by atoms with Gasteiger partial charge in [0.1, 0.15) is 4.88 Å². The molecule has 1 saturated carbocycles. The van der Waals surface area contributed by atoms with E-state index in [-0.39, 0.29) is 5.91 Å². The molecule has 2 rings (SSSR count). The SMILES string of the molecule is O=C(NCCNC1CCCCCC1)c1sccc1Cl. The zero-order valence-corrected chi connectivity index (χ0v) is 12.7. The fourth-order valence-corrected chi connectivity index (χ4v) is 3.53. The maximum atomic E-state index is 11.8. The lowest BCUT2D eigenvalue weighted by Gasteiger charge is -2.16. The van der Waals surface area contributed by atoms with E-state index in [0.29, 0.717) is 22.5 Å². The Labute approximate surface area is 123 Å². The van der Waals surface area contributed by atoms with Crippen LogP contribution in [0.3, 0.4) is 0 Å². The Kier molecular flexibility index (Phi) is 6.14. The molecule has 0 atom stereocenters. The first kappa shape index (κ1) is 14.8. The molecule has 2 N–H and O–H groups in total. The molecule has 1 aromatic rings. The van der Waals surface area contributed by atoms with Gasteiger partial charge in [-0.05, 0) is 24.3 Å². The zero-order valence-electron chi connectivity index (χ0n) is 11.1. The average Bonchev–Trinajstić information content (AvgIpc) is 2.68.